The molecule has 3 aromatic rings. The lowest BCUT2D eigenvalue weighted by Gasteiger charge is -2.02. The van der Waals surface area contributed by atoms with Crippen LogP contribution in [-0.2, 0) is 6.54 Å². The lowest BCUT2D eigenvalue weighted by molar-refractivity contribution is 1.07. The van der Waals surface area contributed by atoms with Crippen LogP contribution in [0.2, 0.25) is 5.02 Å². The summed E-state index contributed by atoms with van der Waals surface area (Å²) in [6.07, 6.45) is 1.81. The van der Waals surface area contributed by atoms with Crippen LogP contribution in [0.1, 0.15) is 5.56 Å². The molecule has 0 unspecified atom stereocenters. The quantitative estimate of drug-likeness (QED) is 0.768. The van der Waals surface area contributed by atoms with Gasteiger partial charge in [-0.3, -0.25) is 4.40 Å². The molecule has 0 spiro atoms. The van der Waals surface area contributed by atoms with E-state index in [0.29, 0.717) is 11.6 Å². The smallest absolute Gasteiger partial charge is 0.168 e. The molecule has 5 heteroatoms. The predicted octanol–water partition coefficient (Wildman–Crippen LogP) is 2.51. The second kappa shape index (κ2) is 4.40. The number of aromatic nitrogens is 3. The first-order chi connectivity index (χ1) is 8.78. The summed E-state index contributed by atoms with van der Waals surface area (Å²) in [5.41, 5.74) is 8.43. The maximum Gasteiger partial charge on any atom is 0.168 e. The minimum Gasteiger partial charge on any atom is -0.326 e. The number of fused-ring (bicyclic) bond motifs is 1. The molecule has 90 valence electrons. The van der Waals surface area contributed by atoms with Crippen LogP contribution in [0.15, 0.2) is 42.6 Å². The van der Waals surface area contributed by atoms with E-state index in [0.717, 1.165) is 22.6 Å². The summed E-state index contributed by atoms with van der Waals surface area (Å²) in [6.45, 7) is 0.534. The van der Waals surface area contributed by atoms with Crippen LogP contribution >= 0.6 is 11.6 Å². The number of hydrogen-bond acceptors (Lipinski definition) is 3. The number of pyridine rings is 1. The standard InChI is InChI=1S/C13H11ClN4/c14-11-5-6-12-16-17-13(18(12)8-11)10-3-1-9(7-15)2-4-10/h1-6,8H,7,15H2. The molecule has 3 rings (SSSR count). The van der Waals surface area contributed by atoms with E-state index in [4.69, 9.17) is 17.3 Å². The Kier molecular flexibility index (Phi) is 2.74. The molecule has 0 bridgehead atoms. The van der Waals surface area contributed by atoms with E-state index in [-0.39, 0.29) is 0 Å². The zero-order valence-corrected chi connectivity index (χ0v) is 10.3. The molecule has 0 aliphatic heterocycles. The maximum absolute atomic E-state index is 5.99. The molecule has 2 N–H and O–H groups in total. The second-order valence-electron chi connectivity index (χ2n) is 4.00. The Bertz CT molecular complexity index is 688. The highest BCUT2D eigenvalue weighted by Crippen LogP contribution is 2.20. The van der Waals surface area contributed by atoms with Gasteiger partial charge in [-0.25, -0.2) is 0 Å². The summed E-state index contributed by atoms with van der Waals surface area (Å²) in [6, 6.07) is 11.6. The molecule has 0 saturated carbocycles. The molecular weight excluding hydrogens is 248 g/mol. The van der Waals surface area contributed by atoms with Gasteiger partial charge in [0.15, 0.2) is 11.5 Å². The fourth-order valence-corrected chi connectivity index (χ4v) is 2.01. The molecule has 0 fully saturated rings. The fraction of sp³-hybridized carbons (Fsp3) is 0.0769. The summed E-state index contributed by atoms with van der Waals surface area (Å²) in [5.74, 6) is 0.774. The lowest BCUT2D eigenvalue weighted by atomic mass is 10.1. The summed E-state index contributed by atoms with van der Waals surface area (Å²) >= 11 is 5.99. The summed E-state index contributed by atoms with van der Waals surface area (Å²) in [7, 11) is 0. The molecule has 0 aliphatic rings. The number of hydrogen-bond donors (Lipinski definition) is 1. The van der Waals surface area contributed by atoms with E-state index >= 15 is 0 Å². The lowest BCUT2D eigenvalue weighted by Crippen LogP contribution is -1.96. The van der Waals surface area contributed by atoms with E-state index in [1.54, 1.807) is 6.07 Å². The molecule has 4 nitrogen and oxygen atoms in total. The molecule has 1 aromatic carbocycles. The van der Waals surface area contributed by atoms with Gasteiger partial charge in [-0.1, -0.05) is 35.9 Å². The van der Waals surface area contributed by atoms with Crippen LogP contribution < -0.4 is 5.73 Å². The number of rotatable bonds is 2. The van der Waals surface area contributed by atoms with Crippen LogP contribution in [-0.4, -0.2) is 14.6 Å². The third-order valence-corrected chi connectivity index (χ3v) is 3.04. The van der Waals surface area contributed by atoms with E-state index in [1.807, 2.05) is 40.9 Å². The largest absolute Gasteiger partial charge is 0.326 e. The Morgan fingerprint density at radius 2 is 1.83 bits per heavy atom. The zero-order chi connectivity index (χ0) is 12.5. The first kappa shape index (κ1) is 11.2. The molecule has 0 atom stereocenters. The topological polar surface area (TPSA) is 56.2 Å². The Balaban J connectivity index is 2.15. The number of nitrogens with zero attached hydrogens (tertiary/aromatic N) is 3. The Morgan fingerprint density at radius 3 is 2.56 bits per heavy atom. The van der Waals surface area contributed by atoms with Crippen LogP contribution in [0.25, 0.3) is 17.0 Å². The van der Waals surface area contributed by atoms with E-state index < -0.39 is 0 Å². The van der Waals surface area contributed by atoms with Gasteiger partial charge in [-0.15, -0.1) is 10.2 Å². The van der Waals surface area contributed by atoms with Gasteiger partial charge in [-0.05, 0) is 17.7 Å². The SMILES string of the molecule is NCc1ccc(-c2nnc3ccc(Cl)cn23)cc1. The number of halogens is 1. The average Bonchev–Trinajstić information content (AvgIpc) is 2.82. The molecule has 18 heavy (non-hydrogen) atoms. The van der Waals surface area contributed by atoms with Gasteiger partial charge in [0.1, 0.15) is 0 Å². The number of nitrogens with two attached hydrogens (primary N) is 1. The van der Waals surface area contributed by atoms with Crippen molar-refractivity contribution in [3.63, 3.8) is 0 Å². The maximum atomic E-state index is 5.99. The fourth-order valence-electron chi connectivity index (χ4n) is 1.85. The van der Waals surface area contributed by atoms with Crippen molar-refractivity contribution < 1.29 is 0 Å². The Hall–Kier alpha value is -1.91. The van der Waals surface area contributed by atoms with Gasteiger partial charge in [0.25, 0.3) is 0 Å². The minimum atomic E-state index is 0.534. The minimum absolute atomic E-state index is 0.534. The van der Waals surface area contributed by atoms with E-state index in [9.17, 15) is 0 Å². The van der Waals surface area contributed by atoms with Crippen molar-refractivity contribution in [2.75, 3.05) is 0 Å². The summed E-state index contributed by atoms with van der Waals surface area (Å²) in [5, 5.41) is 8.95. The second-order valence-corrected chi connectivity index (χ2v) is 4.44. The predicted molar refractivity (Wildman–Crippen MR) is 71.3 cm³/mol. The van der Waals surface area contributed by atoms with Crippen LogP contribution in [0, 0.1) is 0 Å². The van der Waals surface area contributed by atoms with Crippen molar-refractivity contribution in [1.82, 2.24) is 14.6 Å². The van der Waals surface area contributed by atoms with Crippen molar-refractivity contribution in [3.05, 3.63) is 53.2 Å². The molecule has 0 saturated heterocycles. The summed E-state index contributed by atoms with van der Waals surface area (Å²) < 4.78 is 1.87. The molecule has 0 aliphatic carbocycles. The zero-order valence-electron chi connectivity index (χ0n) is 9.55. The van der Waals surface area contributed by atoms with Crippen molar-refractivity contribution in [2.24, 2.45) is 5.73 Å². The van der Waals surface area contributed by atoms with Gasteiger partial charge in [0.05, 0.1) is 5.02 Å². The average molecular weight is 259 g/mol. The first-order valence-electron chi connectivity index (χ1n) is 5.57. The highest BCUT2D eigenvalue weighted by Gasteiger charge is 2.07. The highest BCUT2D eigenvalue weighted by molar-refractivity contribution is 6.30. The van der Waals surface area contributed by atoms with E-state index in [2.05, 4.69) is 10.2 Å². The molecule has 2 aromatic heterocycles. The van der Waals surface area contributed by atoms with Crippen LogP contribution in [0.3, 0.4) is 0 Å². The van der Waals surface area contributed by atoms with Crippen molar-refractivity contribution in [2.45, 2.75) is 6.54 Å². The molecule has 2 heterocycles. The normalized spacial score (nSPS) is 11.0. The van der Waals surface area contributed by atoms with Crippen LogP contribution in [0.4, 0.5) is 0 Å². The third kappa shape index (κ3) is 1.85. The third-order valence-electron chi connectivity index (χ3n) is 2.81. The summed E-state index contributed by atoms with van der Waals surface area (Å²) in [4.78, 5) is 0. The Morgan fingerprint density at radius 1 is 1.06 bits per heavy atom. The molecule has 0 amide bonds. The van der Waals surface area contributed by atoms with E-state index in [1.165, 1.54) is 0 Å². The highest BCUT2D eigenvalue weighted by atomic mass is 35.5. The number of benzene rings is 1. The monoisotopic (exact) mass is 258 g/mol. The molecule has 0 radical (unpaired) electrons. The van der Waals surface area contributed by atoms with Gasteiger partial charge < -0.3 is 5.73 Å². The van der Waals surface area contributed by atoms with Crippen molar-refractivity contribution in [1.29, 1.82) is 0 Å². The first-order valence-corrected chi connectivity index (χ1v) is 5.95. The van der Waals surface area contributed by atoms with Crippen molar-refractivity contribution in [3.8, 4) is 11.4 Å². The van der Waals surface area contributed by atoms with Gasteiger partial charge >= 0.3 is 0 Å². The van der Waals surface area contributed by atoms with Crippen molar-refractivity contribution >= 4 is 17.2 Å². The van der Waals surface area contributed by atoms with Gasteiger partial charge in [0.2, 0.25) is 0 Å². The van der Waals surface area contributed by atoms with Gasteiger partial charge in [0, 0.05) is 18.3 Å². The Labute approximate surface area is 109 Å². The van der Waals surface area contributed by atoms with Gasteiger partial charge in [-0.2, -0.15) is 0 Å². The van der Waals surface area contributed by atoms with Crippen LogP contribution in [0.5, 0.6) is 0 Å². The molecular formula is C13H11ClN4.